The van der Waals surface area contributed by atoms with E-state index in [9.17, 15) is 14.7 Å². The van der Waals surface area contributed by atoms with Crippen molar-refractivity contribution >= 4 is 11.9 Å². The van der Waals surface area contributed by atoms with Crippen LogP contribution in [0.5, 0.6) is 5.75 Å². The molecule has 2 unspecified atom stereocenters. The molecule has 6 nitrogen and oxygen atoms in total. The first-order valence-corrected chi connectivity index (χ1v) is 6.33. The van der Waals surface area contributed by atoms with Gasteiger partial charge in [-0.15, -0.1) is 0 Å². The van der Waals surface area contributed by atoms with Crippen LogP contribution >= 0.6 is 0 Å². The molecule has 1 aromatic carbocycles. The summed E-state index contributed by atoms with van der Waals surface area (Å²) in [7, 11) is 1.58. The van der Waals surface area contributed by atoms with Crippen LogP contribution in [0.15, 0.2) is 24.3 Å². The molecular formula is C14H17NO5. The number of carboxylic acids is 1. The molecule has 108 valence electrons. The zero-order valence-electron chi connectivity index (χ0n) is 11.2. The van der Waals surface area contributed by atoms with Crippen molar-refractivity contribution < 1.29 is 24.5 Å². The van der Waals surface area contributed by atoms with Gasteiger partial charge in [0.2, 0.25) is 5.91 Å². The lowest BCUT2D eigenvalue weighted by Gasteiger charge is -2.26. The highest BCUT2D eigenvalue weighted by atomic mass is 16.5. The standard InChI is InChI=1S/C14H17NO5/c1-15(12-8-20-7-11(12)14(18)19)13(17)6-9-3-2-4-10(16)5-9/h2-5,11-12,16H,6-8H2,1H3,(H,18,19). The highest BCUT2D eigenvalue weighted by molar-refractivity contribution is 5.80. The Labute approximate surface area is 116 Å². The molecule has 20 heavy (non-hydrogen) atoms. The van der Waals surface area contributed by atoms with Gasteiger partial charge >= 0.3 is 5.97 Å². The van der Waals surface area contributed by atoms with Crippen molar-refractivity contribution in [1.29, 1.82) is 0 Å². The van der Waals surface area contributed by atoms with Crippen LogP contribution < -0.4 is 0 Å². The number of hydrogen-bond donors (Lipinski definition) is 2. The van der Waals surface area contributed by atoms with E-state index in [1.807, 2.05) is 0 Å². The number of phenolic OH excluding ortho intramolecular Hbond substituents is 1. The predicted octanol–water partition coefficient (Wildman–Crippen LogP) is 0.493. The smallest absolute Gasteiger partial charge is 0.311 e. The lowest BCUT2D eigenvalue weighted by atomic mass is 10.0. The van der Waals surface area contributed by atoms with Crippen LogP contribution in [0, 0.1) is 5.92 Å². The number of hydrogen-bond acceptors (Lipinski definition) is 4. The maximum atomic E-state index is 12.2. The first kappa shape index (κ1) is 14.3. The number of nitrogens with zero attached hydrogens (tertiary/aromatic N) is 1. The monoisotopic (exact) mass is 279 g/mol. The quantitative estimate of drug-likeness (QED) is 0.837. The summed E-state index contributed by atoms with van der Waals surface area (Å²) in [5.74, 6) is -1.74. The van der Waals surface area contributed by atoms with Gasteiger partial charge in [-0.1, -0.05) is 12.1 Å². The molecule has 1 aliphatic heterocycles. The molecule has 1 amide bonds. The molecule has 0 spiro atoms. The van der Waals surface area contributed by atoms with Crippen molar-refractivity contribution in [2.75, 3.05) is 20.3 Å². The Hall–Kier alpha value is -2.08. The van der Waals surface area contributed by atoms with Crippen LogP contribution in [0.3, 0.4) is 0 Å². The minimum Gasteiger partial charge on any atom is -0.508 e. The maximum absolute atomic E-state index is 12.2. The Morgan fingerprint density at radius 1 is 1.40 bits per heavy atom. The molecule has 1 saturated heterocycles. The molecule has 1 aromatic rings. The van der Waals surface area contributed by atoms with Gasteiger partial charge in [-0.2, -0.15) is 0 Å². The summed E-state index contributed by atoms with van der Waals surface area (Å²) in [6, 6.07) is 6.01. The van der Waals surface area contributed by atoms with Gasteiger partial charge in [-0.3, -0.25) is 9.59 Å². The number of aliphatic carboxylic acids is 1. The normalized spacial score (nSPS) is 21.6. The van der Waals surface area contributed by atoms with Crippen molar-refractivity contribution in [3.8, 4) is 5.75 Å². The number of ether oxygens (including phenoxy) is 1. The van der Waals surface area contributed by atoms with Gasteiger partial charge in [0.05, 0.1) is 25.7 Å². The molecule has 6 heteroatoms. The predicted molar refractivity (Wildman–Crippen MR) is 70.3 cm³/mol. The van der Waals surface area contributed by atoms with E-state index in [-0.39, 0.29) is 31.3 Å². The fourth-order valence-electron chi connectivity index (χ4n) is 2.31. The molecule has 0 aliphatic carbocycles. The van der Waals surface area contributed by atoms with E-state index in [4.69, 9.17) is 9.84 Å². The third-order valence-electron chi connectivity index (χ3n) is 3.52. The van der Waals surface area contributed by atoms with Gasteiger partial charge in [0.1, 0.15) is 11.7 Å². The van der Waals surface area contributed by atoms with Crippen LogP contribution in [0.25, 0.3) is 0 Å². The van der Waals surface area contributed by atoms with Gasteiger partial charge in [-0.25, -0.2) is 0 Å². The second-order valence-corrected chi connectivity index (χ2v) is 4.90. The van der Waals surface area contributed by atoms with Crippen molar-refractivity contribution in [3.63, 3.8) is 0 Å². The van der Waals surface area contributed by atoms with Crippen molar-refractivity contribution in [2.24, 2.45) is 5.92 Å². The summed E-state index contributed by atoms with van der Waals surface area (Å²) in [5, 5.41) is 18.5. The number of aromatic hydroxyl groups is 1. The van der Waals surface area contributed by atoms with Gasteiger partial charge in [0, 0.05) is 7.05 Å². The van der Waals surface area contributed by atoms with Gasteiger partial charge in [-0.05, 0) is 17.7 Å². The summed E-state index contributed by atoms with van der Waals surface area (Å²) in [6.45, 7) is 0.364. The number of carboxylic acid groups (broad SMARTS) is 1. The van der Waals surface area contributed by atoms with E-state index < -0.39 is 17.9 Å². The summed E-state index contributed by atoms with van der Waals surface area (Å²) in [4.78, 5) is 24.7. The highest BCUT2D eigenvalue weighted by Gasteiger charge is 2.38. The van der Waals surface area contributed by atoms with Crippen LogP contribution in [-0.4, -0.2) is 53.3 Å². The van der Waals surface area contributed by atoms with E-state index in [1.54, 1.807) is 19.2 Å². The van der Waals surface area contributed by atoms with E-state index in [0.29, 0.717) is 5.56 Å². The zero-order chi connectivity index (χ0) is 14.7. The SMILES string of the molecule is CN(C(=O)Cc1cccc(O)c1)C1COCC1C(=O)O. The molecular weight excluding hydrogens is 262 g/mol. The average Bonchev–Trinajstić information content (AvgIpc) is 2.87. The van der Waals surface area contributed by atoms with Crippen LogP contribution in [-0.2, 0) is 20.7 Å². The Morgan fingerprint density at radius 2 is 2.15 bits per heavy atom. The third-order valence-corrected chi connectivity index (χ3v) is 3.52. The van der Waals surface area contributed by atoms with E-state index in [2.05, 4.69) is 0 Å². The van der Waals surface area contributed by atoms with Crippen molar-refractivity contribution in [2.45, 2.75) is 12.5 Å². The number of carbonyl (C=O) groups excluding carboxylic acids is 1. The van der Waals surface area contributed by atoms with E-state index in [1.165, 1.54) is 17.0 Å². The van der Waals surface area contributed by atoms with Crippen LogP contribution in [0.2, 0.25) is 0 Å². The molecule has 1 aliphatic rings. The fraction of sp³-hybridized carbons (Fsp3) is 0.429. The number of likely N-dealkylation sites (N-methyl/N-ethyl adjacent to an activating group) is 1. The van der Waals surface area contributed by atoms with Gasteiger partial charge in [0.15, 0.2) is 0 Å². The summed E-state index contributed by atoms with van der Waals surface area (Å²) in [6.07, 6.45) is 0.119. The molecule has 0 aromatic heterocycles. The first-order chi connectivity index (χ1) is 9.49. The summed E-state index contributed by atoms with van der Waals surface area (Å²) >= 11 is 0. The number of amides is 1. The van der Waals surface area contributed by atoms with Crippen molar-refractivity contribution in [1.82, 2.24) is 4.90 Å². The third kappa shape index (κ3) is 3.08. The molecule has 2 rings (SSSR count). The topological polar surface area (TPSA) is 87.1 Å². The number of phenols is 1. The minimum atomic E-state index is -0.954. The van der Waals surface area contributed by atoms with E-state index >= 15 is 0 Å². The van der Waals surface area contributed by atoms with E-state index in [0.717, 1.165) is 0 Å². The Kier molecular flexibility index (Phi) is 4.24. The molecule has 1 fully saturated rings. The Bertz CT molecular complexity index is 516. The molecule has 1 heterocycles. The van der Waals surface area contributed by atoms with Gasteiger partial charge < -0.3 is 19.8 Å². The summed E-state index contributed by atoms with van der Waals surface area (Å²) < 4.78 is 5.16. The average molecular weight is 279 g/mol. The lowest BCUT2D eigenvalue weighted by Crippen LogP contribution is -2.44. The second kappa shape index (κ2) is 5.92. The lowest BCUT2D eigenvalue weighted by molar-refractivity contribution is -0.144. The molecule has 2 N–H and O–H groups in total. The van der Waals surface area contributed by atoms with Crippen molar-refractivity contribution in [3.05, 3.63) is 29.8 Å². The molecule has 2 atom stereocenters. The minimum absolute atomic E-state index is 0.102. The Balaban J connectivity index is 2.03. The molecule has 0 saturated carbocycles. The second-order valence-electron chi connectivity index (χ2n) is 4.90. The molecule has 0 radical (unpaired) electrons. The largest absolute Gasteiger partial charge is 0.508 e. The fourth-order valence-corrected chi connectivity index (χ4v) is 2.31. The van der Waals surface area contributed by atoms with Gasteiger partial charge in [0.25, 0.3) is 0 Å². The summed E-state index contributed by atoms with van der Waals surface area (Å²) in [5.41, 5.74) is 0.688. The first-order valence-electron chi connectivity index (χ1n) is 6.33. The highest BCUT2D eigenvalue weighted by Crippen LogP contribution is 2.20. The number of carbonyl (C=O) groups is 2. The number of benzene rings is 1. The number of rotatable bonds is 4. The maximum Gasteiger partial charge on any atom is 0.311 e. The zero-order valence-corrected chi connectivity index (χ0v) is 11.2. The molecule has 0 bridgehead atoms. The van der Waals surface area contributed by atoms with Crippen LogP contribution in [0.4, 0.5) is 0 Å². The van der Waals surface area contributed by atoms with Crippen LogP contribution in [0.1, 0.15) is 5.56 Å². The Morgan fingerprint density at radius 3 is 2.80 bits per heavy atom.